The summed E-state index contributed by atoms with van der Waals surface area (Å²) in [6, 6.07) is 14.8. The standard InChI is InChI=1S/C27H27N5O8S/c1-16-9-11-18(12-10-16)41(35,36)37-15-19-20-21(40-27(2,3)39-20)23(38-19)31-13-14-32-25(31)29-24(30-26(32)34)28-22(33)17-7-5-4-6-8-17/h4-14,19-21,23H,15H2,1-3H3,(H,28,30,33,34). The third-order valence-electron chi connectivity index (χ3n) is 6.79. The highest BCUT2D eigenvalue weighted by Gasteiger charge is 2.56. The van der Waals surface area contributed by atoms with E-state index in [-0.39, 0.29) is 23.2 Å². The molecule has 4 atom stereocenters. The van der Waals surface area contributed by atoms with Crippen LogP contribution < -0.4 is 11.0 Å². The van der Waals surface area contributed by atoms with Gasteiger partial charge < -0.3 is 14.2 Å². The number of fused-ring (bicyclic) bond motifs is 2. The minimum Gasteiger partial charge on any atom is -0.347 e. The summed E-state index contributed by atoms with van der Waals surface area (Å²) in [5, 5.41) is 2.55. The Morgan fingerprint density at radius 2 is 1.73 bits per heavy atom. The summed E-state index contributed by atoms with van der Waals surface area (Å²) in [4.78, 5) is 33.7. The number of anilines is 1. The van der Waals surface area contributed by atoms with Crippen molar-refractivity contribution in [2.75, 3.05) is 11.9 Å². The molecule has 0 spiro atoms. The molecular formula is C27H27N5O8S. The second-order valence-corrected chi connectivity index (χ2v) is 11.8. The number of nitrogens with zero attached hydrogens (tertiary/aromatic N) is 4. The Balaban J connectivity index is 1.28. The number of hydrogen-bond acceptors (Lipinski definition) is 10. The van der Waals surface area contributed by atoms with Crippen LogP contribution >= 0.6 is 0 Å². The molecule has 0 saturated carbocycles. The van der Waals surface area contributed by atoms with Crippen LogP contribution in [0.15, 0.2) is 76.7 Å². The van der Waals surface area contributed by atoms with Crippen LogP contribution in [0.25, 0.3) is 5.78 Å². The van der Waals surface area contributed by atoms with Crippen molar-refractivity contribution in [2.45, 2.75) is 56.0 Å². The smallest absolute Gasteiger partial charge is 0.347 e. The van der Waals surface area contributed by atoms with Crippen molar-refractivity contribution in [1.82, 2.24) is 18.9 Å². The number of aryl methyl sites for hydroxylation is 1. The maximum atomic E-state index is 12.8. The van der Waals surface area contributed by atoms with Gasteiger partial charge in [0.15, 0.2) is 12.0 Å². The topological polar surface area (TPSA) is 152 Å². The van der Waals surface area contributed by atoms with Crippen LogP contribution in [0.2, 0.25) is 0 Å². The second-order valence-electron chi connectivity index (χ2n) is 10.2. The van der Waals surface area contributed by atoms with E-state index in [2.05, 4.69) is 15.3 Å². The summed E-state index contributed by atoms with van der Waals surface area (Å²) in [5.41, 5.74) is 0.618. The molecule has 1 amide bonds. The van der Waals surface area contributed by atoms with E-state index in [0.29, 0.717) is 5.56 Å². The van der Waals surface area contributed by atoms with E-state index in [4.69, 9.17) is 18.4 Å². The largest absolute Gasteiger partial charge is 0.357 e. The predicted molar refractivity (Wildman–Crippen MR) is 144 cm³/mol. The number of nitrogens with one attached hydrogen (secondary N) is 1. The highest BCUT2D eigenvalue weighted by Crippen LogP contribution is 2.43. The summed E-state index contributed by atoms with van der Waals surface area (Å²) >= 11 is 0. The van der Waals surface area contributed by atoms with Crippen molar-refractivity contribution >= 4 is 27.8 Å². The number of carbonyl (C=O) groups excluding carboxylic acids is 1. The number of rotatable bonds is 7. The summed E-state index contributed by atoms with van der Waals surface area (Å²) in [6.07, 6.45) is -0.0435. The van der Waals surface area contributed by atoms with Crippen LogP contribution in [0, 0.1) is 6.92 Å². The lowest BCUT2D eigenvalue weighted by atomic mass is 10.1. The van der Waals surface area contributed by atoms with E-state index in [1.54, 1.807) is 67.1 Å². The average molecular weight is 582 g/mol. The van der Waals surface area contributed by atoms with Crippen molar-refractivity contribution in [2.24, 2.45) is 0 Å². The zero-order valence-corrected chi connectivity index (χ0v) is 23.1. The number of imidazole rings is 1. The van der Waals surface area contributed by atoms with Crippen molar-refractivity contribution in [3.8, 4) is 0 Å². The molecule has 13 nitrogen and oxygen atoms in total. The first-order chi connectivity index (χ1) is 19.5. The highest BCUT2D eigenvalue weighted by molar-refractivity contribution is 7.86. The number of amides is 1. The monoisotopic (exact) mass is 581 g/mol. The highest BCUT2D eigenvalue weighted by atomic mass is 32.2. The molecule has 41 heavy (non-hydrogen) atoms. The van der Waals surface area contributed by atoms with Gasteiger partial charge in [0.1, 0.15) is 18.3 Å². The molecule has 2 fully saturated rings. The molecule has 2 aliphatic heterocycles. The van der Waals surface area contributed by atoms with Gasteiger partial charge in [0.25, 0.3) is 16.0 Å². The SMILES string of the molecule is Cc1ccc(S(=O)(=O)OCC2OC(n3ccn4c(=O)nc(NC(=O)c5ccccc5)nc34)C3OC(C)(C)OC23)cc1. The maximum Gasteiger partial charge on any atom is 0.357 e. The molecule has 2 saturated heterocycles. The van der Waals surface area contributed by atoms with Crippen molar-refractivity contribution in [3.05, 3.63) is 88.6 Å². The van der Waals surface area contributed by atoms with Gasteiger partial charge in [0.05, 0.1) is 11.5 Å². The predicted octanol–water partition coefficient (Wildman–Crippen LogP) is 2.27. The van der Waals surface area contributed by atoms with E-state index in [1.165, 1.54) is 22.7 Å². The van der Waals surface area contributed by atoms with Crippen molar-refractivity contribution < 1.29 is 31.6 Å². The van der Waals surface area contributed by atoms with Crippen molar-refractivity contribution in [1.29, 1.82) is 0 Å². The Hall–Kier alpha value is -3.95. The molecule has 2 aromatic carbocycles. The number of aromatic nitrogens is 4. The zero-order valence-electron chi connectivity index (χ0n) is 22.3. The minimum atomic E-state index is -4.06. The van der Waals surface area contributed by atoms with Gasteiger partial charge in [-0.15, -0.1) is 0 Å². The lowest BCUT2D eigenvalue weighted by Gasteiger charge is -2.24. The van der Waals surface area contributed by atoms with Gasteiger partial charge in [0, 0.05) is 18.0 Å². The Morgan fingerprint density at radius 1 is 1.02 bits per heavy atom. The molecular weight excluding hydrogens is 554 g/mol. The molecule has 2 aliphatic rings. The van der Waals surface area contributed by atoms with Gasteiger partial charge in [-0.1, -0.05) is 35.9 Å². The van der Waals surface area contributed by atoms with E-state index in [1.807, 2.05) is 6.92 Å². The molecule has 214 valence electrons. The molecule has 0 bridgehead atoms. The quantitative estimate of drug-likeness (QED) is 0.322. The third kappa shape index (κ3) is 5.27. The number of benzene rings is 2. The van der Waals surface area contributed by atoms with Gasteiger partial charge in [-0.25, -0.2) is 9.20 Å². The van der Waals surface area contributed by atoms with Crippen LogP contribution in [0.5, 0.6) is 0 Å². The van der Waals surface area contributed by atoms with Crippen LogP contribution in [-0.2, 0) is 28.5 Å². The molecule has 2 aromatic heterocycles. The van der Waals surface area contributed by atoms with Gasteiger partial charge in [0.2, 0.25) is 11.7 Å². The summed E-state index contributed by atoms with van der Waals surface area (Å²) in [6.45, 7) is 5.00. The summed E-state index contributed by atoms with van der Waals surface area (Å²) in [5.74, 6) is -1.54. The van der Waals surface area contributed by atoms with Gasteiger partial charge in [-0.05, 0) is 45.0 Å². The van der Waals surface area contributed by atoms with Crippen molar-refractivity contribution in [3.63, 3.8) is 0 Å². The van der Waals surface area contributed by atoms with Gasteiger partial charge >= 0.3 is 5.69 Å². The normalized spacial score (nSPS) is 23.5. The lowest BCUT2D eigenvalue weighted by Crippen LogP contribution is -2.33. The summed E-state index contributed by atoms with van der Waals surface area (Å²) < 4.78 is 52.2. The molecule has 1 N–H and O–H groups in total. The first-order valence-electron chi connectivity index (χ1n) is 12.8. The minimum absolute atomic E-state index is 0.0238. The molecule has 4 unspecified atom stereocenters. The van der Waals surface area contributed by atoms with Crippen LogP contribution in [0.1, 0.15) is 36.0 Å². The number of hydrogen-bond donors (Lipinski definition) is 1. The Bertz CT molecular complexity index is 1770. The molecule has 4 heterocycles. The fraction of sp³-hybridized carbons (Fsp3) is 0.333. The average Bonchev–Trinajstić information content (AvgIpc) is 3.59. The number of carbonyl (C=O) groups is 1. The second kappa shape index (κ2) is 10.2. The lowest BCUT2D eigenvalue weighted by molar-refractivity contribution is -0.198. The third-order valence-corrected chi connectivity index (χ3v) is 8.09. The van der Waals surface area contributed by atoms with Crippen LogP contribution in [0.3, 0.4) is 0 Å². The van der Waals surface area contributed by atoms with Gasteiger partial charge in [-0.2, -0.15) is 18.4 Å². The van der Waals surface area contributed by atoms with E-state index < -0.39 is 52.0 Å². The first kappa shape index (κ1) is 27.2. The Morgan fingerprint density at radius 3 is 2.46 bits per heavy atom. The molecule has 6 rings (SSSR count). The zero-order chi connectivity index (χ0) is 28.9. The van der Waals surface area contributed by atoms with Crippen LogP contribution in [-0.4, -0.2) is 64.0 Å². The molecule has 0 aliphatic carbocycles. The first-order valence-corrected chi connectivity index (χ1v) is 14.2. The Kier molecular flexibility index (Phi) is 6.74. The van der Waals surface area contributed by atoms with Crippen LogP contribution in [0.4, 0.5) is 5.95 Å². The van der Waals surface area contributed by atoms with Gasteiger partial charge in [-0.3, -0.25) is 18.9 Å². The fourth-order valence-electron chi connectivity index (χ4n) is 4.89. The van der Waals surface area contributed by atoms with E-state index in [0.717, 1.165) is 5.56 Å². The maximum absolute atomic E-state index is 12.8. The van der Waals surface area contributed by atoms with E-state index >= 15 is 0 Å². The Labute approximate surface area is 234 Å². The van der Waals surface area contributed by atoms with E-state index in [9.17, 15) is 18.0 Å². The molecule has 14 heteroatoms. The summed E-state index contributed by atoms with van der Waals surface area (Å²) in [7, 11) is -4.06. The molecule has 4 aromatic rings. The molecule has 0 radical (unpaired) electrons. The number of ether oxygens (including phenoxy) is 3. The fourth-order valence-corrected chi connectivity index (χ4v) is 5.80.